The van der Waals surface area contributed by atoms with Crippen molar-refractivity contribution in [1.82, 2.24) is 34.9 Å². The van der Waals surface area contributed by atoms with E-state index < -0.39 is 0 Å². The summed E-state index contributed by atoms with van der Waals surface area (Å²) in [5.41, 5.74) is 4.06. The molecule has 1 saturated heterocycles. The average molecular weight is 745 g/mol. The van der Waals surface area contributed by atoms with Crippen LogP contribution in [0.1, 0.15) is 55.7 Å². The lowest BCUT2D eigenvalue weighted by Gasteiger charge is -2.52. The standard InChI is InChI=1S/C39H49ClN8O5/c1-4-53-38(50)41-15-7-16-47-17-12-28-22-33(51-2)34(52-3)23-31(28)39(47)13-10-27(11-14-39)37(49)46-20-18-45(19-21-46)35-30-24-44-48(36(30)43-26-42-35)25-29-8-5-6-9-32(29)40/h5-6,8-9,22-24,26-27H,4,7,10-21,25H2,1-3H3,(H,41,50). The van der Waals surface area contributed by atoms with Crippen LogP contribution in [0.3, 0.4) is 0 Å². The van der Waals surface area contributed by atoms with Crippen molar-refractivity contribution in [3.8, 4) is 11.5 Å². The van der Waals surface area contributed by atoms with Crippen molar-refractivity contribution < 1.29 is 23.8 Å². The fourth-order valence-corrected chi connectivity index (χ4v) is 8.73. The number of halogens is 1. The van der Waals surface area contributed by atoms with Gasteiger partial charge in [0, 0.05) is 62.3 Å². The second-order valence-electron chi connectivity index (χ2n) is 14.0. The van der Waals surface area contributed by atoms with Crippen LogP contribution in [-0.4, -0.2) is 108 Å². The Morgan fingerprint density at radius 3 is 2.49 bits per heavy atom. The molecule has 53 heavy (non-hydrogen) atoms. The highest BCUT2D eigenvalue weighted by Gasteiger charge is 2.47. The molecule has 0 unspecified atom stereocenters. The molecule has 1 spiro atoms. The number of benzene rings is 2. The maximum Gasteiger partial charge on any atom is 0.407 e. The Labute approximate surface area is 315 Å². The Balaban J connectivity index is 1.01. The van der Waals surface area contributed by atoms with Crippen molar-refractivity contribution in [1.29, 1.82) is 0 Å². The Hall–Kier alpha value is -4.62. The molecule has 2 aromatic heterocycles. The monoisotopic (exact) mass is 744 g/mol. The van der Waals surface area contributed by atoms with E-state index in [4.69, 9.17) is 25.8 Å². The first-order valence-corrected chi connectivity index (χ1v) is 19.1. The SMILES string of the molecule is CCOC(=O)NCCCN1CCc2cc(OC)c(OC)cc2C12CCC(C(=O)N1CCN(c3ncnc4c3cnn4Cc3ccccc3Cl)CC1)CC2. The van der Waals surface area contributed by atoms with Crippen LogP contribution >= 0.6 is 11.6 Å². The van der Waals surface area contributed by atoms with Crippen LogP contribution in [0.2, 0.25) is 5.02 Å². The quantitative estimate of drug-likeness (QED) is 0.203. The number of alkyl carbamates (subject to hydrolysis) is 1. The molecular weight excluding hydrogens is 696 g/mol. The van der Waals surface area contributed by atoms with Gasteiger partial charge in [0.15, 0.2) is 17.1 Å². The van der Waals surface area contributed by atoms with Gasteiger partial charge in [-0.15, -0.1) is 0 Å². The molecular formula is C39H49ClN8O5. The van der Waals surface area contributed by atoms with Crippen LogP contribution in [0, 0.1) is 5.92 Å². The summed E-state index contributed by atoms with van der Waals surface area (Å²) in [5, 5.41) is 9.08. The summed E-state index contributed by atoms with van der Waals surface area (Å²) in [7, 11) is 3.35. The van der Waals surface area contributed by atoms with E-state index in [0.717, 1.165) is 85.5 Å². The van der Waals surface area contributed by atoms with Crippen molar-refractivity contribution in [2.24, 2.45) is 5.92 Å². The van der Waals surface area contributed by atoms with E-state index >= 15 is 0 Å². The number of ether oxygens (including phenoxy) is 3. The predicted octanol–water partition coefficient (Wildman–Crippen LogP) is 5.27. The number of carbonyl (C=O) groups is 2. The molecule has 7 rings (SSSR count). The first kappa shape index (κ1) is 36.7. The van der Waals surface area contributed by atoms with Gasteiger partial charge in [-0.05, 0) is 80.3 Å². The van der Waals surface area contributed by atoms with Crippen LogP contribution in [0.25, 0.3) is 11.0 Å². The number of hydrogen-bond acceptors (Lipinski definition) is 10. The van der Waals surface area contributed by atoms with Crippen molar-refractivity contribution in [3.63, 3.8) is 0 Å². The number of carbonyl (C=O) groups excluding carboxylic acids is 2. The number of amides is 2. The van der Waals surface area contributed by atoms with E-state index in [1.165, 1.54) is 11.1 Å². The fourth-order valence-electron chi connectivity index (χ4n) is 8.53. The first-order valence-electron chi connectivity index (χ1n) is 18.7. The summed E-state index contributed by atoms with van der Waals surface area (Å²) in [4.78, 5) is 42.0. The molecule has 2 amide bonds. The Kier molecular flexibility index (Phi) is 11.2. The molecule has 4 heterocycles. The zero-order chi connectivity index (χ0) is 37.0. The molecule has 3 aliphatic rings. The van der Waals surface area contributed by atoms with E-state index in [1.807, 2.05) is 40.0 Å². The van der Waals surface area contributed by atoms with Crippen molar-refractivity contribution >= 4 is 40.5 Å². The second-order valence-corrected chi connectivity index (χ2v) is 14.5. The lowest BCUT2D eigenvalue weighted by molar-refractivity contribution is -0.138. The molecule has 2 aromatic carbocycles. The predicted molar refractivity (Wildman–Crippen MR) is 203 cm³/mol. The maximum atomic E-state index is 14.1. The zero-order valence-corrected chi connectivity index (χ0v) is 31.6. The normalized spacial score (nSPS) is 20.3. The largest absolute Gasteiger partial charge is 0.493 e. The van der Waals surface area contributed by atoms with Gasteiger partial charge in [-0.2, -0.15) is 5.10 Å². The van der Waals surface area contributed by atoms with Crippen LogP contribution in [-0.2, 0) is 28.0 Å². The van der Waals surface area contributed by atoms with Gasteiger partial charge in [0.2, 0.25) is 5.91 Å². The molecule has 14 heteroatoms. The highest BCUT2D eigenvalue weighted by atomic mass is 35.5. The van der Waals surface area contributed by atoms with E-state index in [9.17, 15) is 9.59 Å². The van der Waals surface area contributed by atoms with Gasteiger partial charge in [0.05, 0.1) is 39.0 Å². The highest BCUT2D eigenvalue weighted by Crippen LogP contribution is 2.50. The van der Waals surface area contributed by atoms with Gasteiger partial charge < -0.3 is 29.3 Å². The van der Waals surface area contributed by atoms with Gasteiger partial charge in [0.25, 0.3) is 0 Å². The Morgan fingerprint density at radius 2 is 1.75 bits per heavy atom. The van der Waals surface area contributed by atoms with E-state index in [-0.39, 0.29) is 23.5 Å². The number of anilines is 1. The lowest BCUT2D eigenvalue weighted by Crippen LogP contribution is -2.55. The number of aromatic nitrogens is 4. The van der Waals surface area contributed by atoms with Gasteiger partial charge in [-0.3, -0.25) is 9.69 Å². The van der Waals surface area contributed by atoms with Crippen LogP contribution in [0.5, 0.6) is 11.5 Å². The topological polar surface area (TPSA) is 127 Å². The Morgan fingerprint density at radius 1 is 1.00 bits per heavy atom. The van der Waals surface area contributed by atoms with Crippen molar-refractivity contribution in [2.45, 2.75) is 57.5 Å². The zero-order valence-electron chi connectivity index (χ0n) is 30.9. The van der Waals surface area contributed by atoms with Crippen LogP contribution in [0.15, 0.2) is 48.9 Å². The summed E-state index contributed by atoms with van der Waals surface area (Å²) in [5.74, 6) is 2.52. The summed E-state index contributed by atoms with van der Waals surface area (Å²) in [6, 6.07) is 12.0. The maximum absolute atomic E-state index is 14.1. The van der Waals surface area contributed by atoms with Crippen molar-refractivity contribution in [2.75, 3.05) is 71.5 Å². The fraction of sp³-hybridized carbons (Fsp3) is 0.513. The molecule has 0 radical (unpaired) electrons. The number of nitrogens with one attached hydrogen (secondary N) is 1. The number of hydrogen-bond donors (Lipinski definition) is 1. The summed E-state index contributed by atoms with van der Waals surface area (Å²) < 4.78 is 18.3. The molecule has 0 atom stereocenters. The van der Waals surface area contributed by atoms with Gasteiger partial charge in [-0.1, -0.05) is 29.8 Å². The highest BCUT2D eigenvalue weighted by molar-refractivity contribution is 6.31. The van der Waals surface area contributed by atoms with Crippen LogP contribution in [0.4, 0.5) is 10.6 Å². The summed E-state index contributed by atoms with van der Waals surface area (Å²) in [6.07, 6.45) is 8.09. The molecule has 1 saturated carbocycles. The van der Waals surface area contributed by atoms with Gasteiger partial charge >= 0.3 is 6.09 Å². The third-order valence-corrected chi connectivity index (χ3v) is 11.6. The minimum absolute atomic E-state index is 0.0289. The third kappa shape index (κ3) is 7.46. The number of fused-ring (bicyclic) bond motifs is 3. The molecule has 2 aliphatic heterocycles. The molecule has 1 aliphatic carbocycles. The molecule has 13 nitrogen and oxygen atoms in total. The molecule has 2 fully saturated rings. The summed E-state index contributed by atoms with van der Waals surface area (Å²) >= 11 is 6.43. The summed E-state index contributed by atoms with van der Waals surface area (Å²) in [6.45, 7) is 7.59. The van der Waals surface area contributed by atoms with E-state index in [2.05, 4.69) is 42.3 Å². The minimum Gasteiger partial charge on any atom is -0.493 e. The Bertz CT molecular complexity index is 1920. The van der Waals surface area contributed by atoms with Gasteiger partial charge in [0.1, 0.15) is 12.1 Å². The molecule has 282 valence electrons. The second kappa shape index (κ2) is 16.2. The lowest BCUT2D eigenvalue weighted by atomic mass is 9.68. The molecule has 1 N–H and O–H groups in total. The van der Waals surface area contributed by atoms with Crippen LogP contribution < -0.4 is 19.7 Å². The van der Waals surface area contributed by atoms with E-state index in [1.54, 1.807) is 27.5 Å². The van der Waals surface area contributed by atoms with Crippen molar-refractivity contribution in [3.05, 3.63) is 70.6 Å². The smallest absolute Gasteiger partial charge is 0.407 e. The number of methoxy groups -OCH3 is 2. The molecule has 4 aromatic rings. The minimum atomic E-state index is -0.381. The number of piperazine rings is 1. The number of nitrogens with zero attached hydrogens (tertiary/aromatic N) is 7. The van der Waals surface area contributed by atoms with E-state index in [0.29, 0.717) is 50.9 Å². The number of rotatable bonds is 11. The molecule has 0 bridgehead atoms. The average Bonchev–Trinajstić information content (AvgIpc) is 3.60. The third-order valence-electron chi connectivity index (χ3n) is 11.3. The van der Waals surface area contributed by atoms with Gasteiger partial charge in [-0.25, -0.2) is 19.4 Å². The first-order chi connectivity index (χ1) is 25.8.